The molecule has 30 heavy (non-hydrogen) atoms. The second-order valence-electron chi connectivity index (χ2n) is 7.85. The molecule has 0 bridgehead atoms. The summed E-state index contributed by atoms with van der Waals surface area (Å²) in [5.74, 6) is 0. The minimum absolute atomic E-state index is 0.0669. The highest BCUT2D eigenvalue weighted by Crippen LogP contribution is 2.31. The van der Waals surface area contributed by atoms with Gasteiger partial charge < -0.3 is 4.90 Å². The van der Waals surface area contributed by atoms with Gasteiger partial charge in [0.25, 0.3) is 5.56 Å². The number of nitrogens with zero attached hydrogens (tertiary/aromatic N) is 2. The highest BCUT2D eigenvalue weighted by atomic mass is 32.2. The molecule has 4 nitrogen and oxygen atoms in total. The standard InChI is InChI=1S/C24H23N3OS2/c1-16-8-10-18(11-9-16)27-23(28)21-19-12-13-26(14-17-6-4-3-5-7-17)15-20(19)30-22(21)25-24(27)29-2/h3-11H,12-15H2,1-2H3/p+1. The molecule has 1 atom stereocenters. The van der Waals surface area contributed by atoms with Gasteiger partial charge in [-0.05, 0) is 30.9 Å². The van der Waals surface area contributed by atoms with Gasteiger partial charge in [0, 0.05) is 12.0 Å². The molecule has 0 spiro atoms. The van der Waals surface area contributed by atoms with Crippen molar-refractivity contribution in [1.29, 1.82) is 0 Å². The van der Waals surface area contributed by atoms with E-state index in [1.165, 1.54) is 33.3 Å². The number of aryl methyl sites for hydroxylation is 1. The Morgan fingerprint density at radius 2 is 1.90 bits per heavy atom. The van der Waals surface area contributed by atoms with Gasteiger partial charge in [0.2, 0.25) is 0 Å². The number of fused-ring (bicyclic) bond motifs is 3. The Morgan fingerprint density at radius 3 is 2.63 bits per heavy atom. The molecule has 0 fully saturated rings. The molecular formula is C24H24N3OS2+. The zero-order valence-electron chi connectivity index (χ0n) is 17.1. The van der Waals surface area contributed by atoms with Crippen LogP contribution in [0.25, 0.3) is 15.9 Å². The van der Waals surface area contributed by atoms with Crippen LogP contribution < -0.4 is 10.5 Å². The Bertz CT molecular complexity index is 1260. The van der Waals surface area contributed by atoms with Crippen molar-refractivity contribution in [2.45, 2.75) is 31.6 Å². The van der Waals surface area contributed by atoms with E-state index in [-0.39, 0.29) is 5.56 Å². The fraction of sp³-hybridized carbons (Fsp3) is 0.250. The van der Waals surface area contributed by atoms with Crippen LogP contribution in [0, 0.1) is 6.92 Å². The molecule has 1 N–H and O–H groups in total. The van der Waals surface area contributed by atoms with Gasteiger partial charge in [-0.25, -0.2) is 4.98 Å². The third-order valence-corrected chi connectivity index (χ3v) is 7.55. The molecule has 1 aliphatic heterocycles. The fourth-order valence-corrected chi connectivity index (χ4v) is 6.14. The third-order valence-electron chi connectivity index (χ3n) is 5.79. The van der Waals surface area contributed by atoms with Crippen molar-refractivity contribution in [1.82, 2.24) is 9.55 Å². The number of rotatable bonds is 4. The minimum Gasteiger partial charge on any atom is -0.326 e. The number of aromatic nitrogens is 2. The molecule has 0 radical (unpaired) electrons. The van der Waals surface area contributed by atoms with Crippen LogP contribution in [0.4, 0.5) is 0 Å². The minimum atomic E-state index is 0.0669. The van der Waals surface area contributed by atoms with Crippen molar-refractivity contribution in [2.24, 2.45) is 0 Å². The number of thioether (sulfide) groups is 1. The maximum absolute atomic E-state index is 13.6. The number of hydrogen-bond donors (Lipinski definition) is 1. The highest BCUT2D eigenvalue weighted by molar-refractivity contribution is 7.98. The molecule has 6 heteroatoms. The van der Waals surface area contributed by atoms with Gasteiger partial charge in [0.1, 0.15) is 17.9 Å². The Morgan fingerprint density at radius 1 is 1.13 bits per heavy atom. The fourth-order valence-electron chi connectivity index (χ4n) is 4.25. The monoisotopic (exact) mass is 434 g/mol. The number of hydrogen-bond acceptors (Lipinski definition) is 4. The number of quaternary nitrogens is 1. The summed E-state index contributed by atoms with van der Waals surface area (Å²) in [6.45, 7) is 5.08. The maximum atomic E-state index is 13.6. The average Bonchev–Trinajstić information content (AvgIpc) is 3.13. The Kier molecular flexibility index (Phi) is 5.23. The largest absolute Gasteiger partial charge is 0.326 e. The summed E-state index contributed by atoms with van der Waals surface area (Å²) in [5.41, 5.74) is 4.72. The lowest BCUT2D eigenvalue weighted by molar-refractivity contribution is -0.929. The average molecular weight is 435 g/mol. The lowest BCUT2D eigenvalue weighted by Crippen LogP contribution is -3.10. The second-order valence-corrected chi connectivity index (χ2v) is 9.70. The predicted molar refractivity (Wildman–Crippen MR) is 125 cm³/mol. The van der Waals surface area contributed by atoms with Gasteiger partial charge >= 0.3 is 0 Å². The van der Waals surface area contributed by atoms with E-state index in [9.17, 15) is 4.79 Å². The summed E-state index contributed by atoms with van der Waals surface area (Å²) in [6.07, 6.45) is 2.92. The van der Waals surface area contributed by atoms with Gasteiger partial charge in [-0.2, -0.15) is 0 Å². The first-order valence-corrected chi connectivity index (χ1v) is 12.2. The van der Waals surface area contributed by atoms with Crippen LogP contribution in [-0.4, -0.2) is 22.4 Å². The van der Waals surface area contributed by atoms with Crippen molar-refractivity contribution >= 4 is 33.3 Å². The first-order chi connectivity index (χ1) is 14.6. The summed E-state index contributed by atoms with van der Waals surface area (Å²) in [7, 11) is 0. The molecule has 0 aliphatic carbocycles. The molecule has 0 saturated carbocycles. The van der Waals surface area contributed by atoms with Crippen LogP contribution in [0.2, 0.25) is 0 Å². The Hall–Kier alpha value is -2.41. The van der Waals surface area contributed by atoms with E-state index >= 15 is 0 Å². The lowest BCUT2D eigenvalue weighted by Gasteiger charge is -2.24. The summed E-state index contributed by atoms with van der Waals surface area (Å²) < 4.78 is 1.78. The second kappa shape index (κ2) is 8.02. The Balaban J connectivity index is 1.57. The van der Waals surface area contributed by atoms with Crippen molar-refractivity contribution in [3.8, 4) is 5.69 Å². The van der Waals surface area contributed by atoms with E-state index in [0.717, 1.165) is 47.1 Å². The van der Waals surface area contributed by atoms with Crippen LogP contribution in [0.15, 0.2) is 64.5 Å². The van der Waals surface area contributed by atoms with Crippen LogP contribution in [0.5, 0.6) is 0 Å². The van der Waals surface area contributed by atoms with E-state index in [2.05, 4.69) is 37.3 Å². The molecule has 2 aromatic carbocycles. The van der Waals surface area contributed by atoms with Gasteiger partial charge in [-0.15, -0.1) is 11.3 Å². The van der Waals surface area contributed by atoms with Crippen molar-refractivity contribution in [3.63, 3.8) is 0 Å². The zero-order valence-corrected chi connectivity index (χ0v) is 18.8. The summed E-state index contributed by atoms with van der Waals surface area (Å²) >= 11 is 3.23. The SMILES string of the molecule is CSc1nc2sc3c(c2c(=O)n1-c1ccc(C)cc1)CC[NH+](Cc1ccccc1)C3. The van der Waals surface area contributed by atoms with E-state index < -0.39 is 0 Å². The lowest BCUT2D eigenvalue weighted by atomic mass is 10.0. The summed E-state index contributed by atoms with van der Waals surface area (Å²) in [6, 6.07) is 18.8. The molecule has 3 heterocycles. The van der Waals surface area contributed by atoms with Crippen LogP contribution >= 0.6 is 23.1 Å². The summed E-state index contributed by atoms with van der Waals surface area (Å²) in [4.78, 5) is 22.3. The molecule has 0 amide bonds. The topological polar surface area (TPSA) is 39.3 Å². The van der Waals surface area contributed by atoms with E-state index in [0.29, 0.717) is 0 Å². The first kappa shape index (κ1) is 19.5. The van der Waals surface area contributed by atoms with Gasteiger partial charge in [0.15, 0.2) is 5.16 Å². The first-order valence-electron chi connectivity index (χ1n) is 10.2. The van der Waals surface area contributed by atoms with Crippen LogP contribution in [0.3, 0.4) is 0 Å². The maximum Gasteiger partial charge on any atom is 0.267 e. The van der Waals surface area contributed by atoms with E-state index in [1.54, 1.807) is 20.8 Å². The number of thiophene rings is 1. The molecule has 0 saturated heterocycles. The van der Waals surface area contributed by atoms with Crippen LogP contribution in [0.1, 0.15) is 21.6 Å². The molecule has 4 aromatic rings. The van der Waals surface area contributed by atoms with Gasteiger partial charge in [0.05, 0.1) is 22.5 Å². The van der Waals surface area contributed by atoms with Gasteiger partial charge in [-0.1, -0.05) is 59.8 Å². The molecule has 152 valence electrons. The Labute approximate surface area is 184 Å². The van der Waals surface area contributed by atoms with E-state index in [4.69, 9.17) is 4.98 Å². The highest BCUT2D eigenvalue weighted by Gasteiger charge is 2.27. The third kappa shape index (κ3) is 3.49. The van der Waals surface area contributed by atoms with Crippen molar-refractivity contribution in [3.05, 3.63) is 86.5 Å². The number of benzene rings is 2. The zero-order chi connectivity index (χ0) is 20.7. The quantitative estimate of drug-likeness (QED) is 0.394. The molecular weight excluding hydrogens is 410 g/mol. The van der Waals surface area contributed by atoms with E-state index in [1.807, 2.05) is 30.5 Å². The normalized spacial score (nSPS) is 16.0. The molecule has 5 rings (SSSR count). The van der Waals surface area contributed by atoms with Crippen molar-refractivity contribution in [2.75, 3.05) is 12.8 Å². The van der Waals surface area contributed by atoms with Crippen molar-refractivity contribution < 1.29 is 4.90 Å². The predicted octanol–water partition coefficient (Wildman–Crippen LogP) is 3.62. The smallest absolute Gasteiger partial charge is 0.267 e. The molecule has 2 aromatic heterocycles. The number of nitrogens with one attached hydrogen (secondary N) is 1. The molecule has 1 unspecified atom stereocenters. The van der Waals surface area contributed by atoms with Crippen LogP contribution in [-0.2, 0) is 19.5 Å². The van der Waals surface area contributed by atoms with Gasteiger partial charge in [-0.3, -0.25) is 9.36 Å². The summed E-state index contributed by atoms with van der Waals surface area (Å²) in [5, 5.41) is 1.58. The molecule has 1 aliphatic rings.